The number of fused-ring (bicyclic) bond motifs is 2. The third-order valence-corrected chi connectivity index (χ3v) is 7.01. The van der Waals surface area contributed by atoms with E-state index in [1.807, 2.05) is 29.9 Å². The van der Waals surface area contributed by atoms with Crippen LogP contribution < -0.4 is 5.32 Å². The largest absolute Gasteiger partial charge is 0.465 e. The van der Waals surface area contributed by atoms with E-state index in [0.717, 1.165) is 33.8 Å². The van der Waals surface area contributed by atoms with Crippen LogP contribution in [-0.4, -0.2) is 42.3 Å². The summed E-state index contributed by atoms with van der Waals surface area (Å²) in [6.45, 7) is 0. The molecule has 0 atom stereocenters. The molecule has 0 radical (unpaired) electrons. The lowest BCUT2D eigenvalue weighted by molar-refractivity contribution is 0.0600. The van der Waals surface area contributed by atoms with Crippen molar-refractivity contribution in [3.8, 4) is 11.1 Å². The Morgan fingerprint density at radius 1 is 1.00 bits per heavy atom. The molecule has 2 heterocycles. The smallest absolute Gasteiger partial charge is 0.337 e. The molecule has 1 N–H and O–H groups in total. The number of methoxy groups -OCH3 is 1. The molecule has 5 rings (SSSR count). The highest BCUT2D eigenvalue weighted by Crippen LogP contribution is 2.34. The second kappa shape index (κ2) is 8.52. The number of nitrogens with zero attached hydrogens (tertiary/aromatic N) is 3. The van der Waals surface area contributed by atoms with Crippen LogP contribution in [0.4, 0.5) is 11.4 Å². The van der Waals surface area contributed by atoms with Gasteiger partial charge in [-0.15, -0.1) is 0 Å². The first-order chi connectivity index (χ1) is 16.7. The number of carbonyl (C=O) groups excluding carboxylic acids is 1. The summed E-state index contributed by atoms with van der Waals surface area (Å²) in [6.07, 6.45) is 6.38. The summed E-state index contributed by atoms with van der Waals surface area (Å²) in [5, 5.41) is 4.31. The van der Waals surface area contributed by atoms with Gasteiger partial charge in [0, 0.05) is 48.7 Å². The standard InChI is InChI=1S/C26H22N4O4S/c1-30-11-8-16-4-5-17(13-23(16)30)20-14-19(15-22-25(20)28-10-9-27-22)29-21-12-18(26(31)34-2)6-7-24(21)35(3,32)33/h4-15,29H,1-3H3. The first-order valence-electron chi connectivity index (χ1n) is 10.7. The van der Waals surface area contributed by atoms with Gasteiger partial charge in [0.25, 0.3) is 0 Å². The fourth-order valence-electron chi connectivity index (χ4n) is 4.15. The van der Waals surface area contributed by atoms with Gasteiger partial charge in [0.15, 0.2) is 9.84 Å². The molecule has 9 heteroatoms. The number of hydrogen-bond acceptors (Lipinski definition) is 7. The summed E-state index contributed by atoms with van der Waals surface area (Å²) >= 11 is 0. The molecule has 8 nitrogen and oxygen atoms in total. The fraction of sp³-hybridized carbons (Fsp3) is 0.115. The Labute approximate surface area is 202 Å². The Bertz CT molecular complexity index is 1720. The van der Waals surface area contributed by atoms with E-state index in [9.17, 15) is 13.2 Å². The summed E-state index contributed by atoms with van der Waals surface area (Å²) in [5.74, 6) is -0.561. The number of rotatable bonds is 5. The summed E-state index contributed by atoms with van der Waals surface area (Å²) in [5.41, 5.74) is 5.32. The molecule has 0 aliphatic heterocycles. The lowest BCUT2D eigenvalue weighted by atomic mass is 10.0. The first-order valence-corrected chi connectivity index (χ1v) is 12.6. The number of carbonyl (C=O) groups is 1. The van der Waals surface area contributed by atoms with Crippen LogP contribution in [0.15, 0.2) is 78.1 Å². The normalized spacial score (nSPS) is 11.6. The monoisotopic (exact) mass is 486 g/mol. The Morgan fingerprint density at radius 3 is 2.57 bits per heavy atom. The number of sulfone groups is 1. The molecule has 0 saturated heterocycles. The molecule has 35 heavy (non-hydrogen) atoms. The number of aromatic nitrogens is 3. The van der Waals surface area contributed by atoms with Crippen molar-refractivity contribution >= 4 is 49.1 Å². The van der Waals surface area contributed by atoms with Crippen LogP contribution in [-0.2, 0) is 21.6 Å². The Hall–Kier alpha value is -4.24. The molecule has 0 aliphatic rings. The van der Waals surface area contributed by atoms with E-state index in [1.165, 1.54) is 25.3 Å². The molecule has 0 bridgehead atoms. The van der Waals surface area contributed by atoms with Crippen molar-refractivity contribution in [2.24, 2.45) is 7.05 Å². The highest BCUT2D eigenvalue weighted by atomic mass is 32.2. The van der Waals surface area contributed by atoms with Crippen LogP contribution in [0.25, 0.3) is 33.1 Å². The van der Waals surface area contributed by atoms with Crippen LogP contribution in [0.2, 0.25) is 0 Å². The van der Waals surface area contributed by atoms with Gasteiger partial charge < -0.3 is 14.6 Å². The van der Waals surface area contributed by atoms with E-state index in [1.54, 1.807) is 18.5 Å². The minimum atomic E-state index is -3.58. The van der Waals surface area contributed by atoms with Gasteiger partial charge >= 0.3 is 5.97 Å². The van der Waals surface area contributed by atoms with E-state index in [4.69, 9.17) is 4.74 Å². The Morgan fingerprint density at radius 2 is 1.80 bits per heavy atom. The summed E-state index contributed by atoms with van der Waals surface area (Å²) in [7, 11) is -0.311. The molecule has 0 fully saturated rings. The van der Waals surface area contributed by atoms with Crippen LogP contribution in [0.5, 0.6) is 0 Å². The summed E-state index contributed by atoms with van der Waals surface area (Å²) in [6, 6.07) is 16.2. The number of benzene rings is 3. The van der Waals surface area contributed by atoms with Gasteiger partial charge in [-0.2, -0.15) is 0 Å². The lowest BCUT2D eigenvalue weighted by Gasteiger charge is -2.15. The van der Waals surface area contributed by atoms with Crippen molar-refractivity contribution in [3.05, 3.63) is 78.8 Å². The predicted octanol–water partition coefficient (Wildman–Crippen LogP) is 4.72. The van der Waals surface area contributed by atoms with Crippen LogP contribution in [0, 0.1) is 0 Å². The molecule has 176 valence electrons. The lowest BCUT2D eigenvalue weighted by Crippen LogP contribution is -2.07. The van der Waals surface area contributed by atoms with Crippen molar-refractivity contribution in [2.45, 2.75) is 4.90 Å². The molecular formula is C26H22N4O4S. The number of hydrogen-bond donors (Lipinski definition) is 1. The van der Waals surface area contributed by atoms with Gasteiger partial charge in [-0.25, -0.2) is 13.2 Å². The molecule has 2 aromatic heterocycles. The molecule has 0 aliphatic carbocycles. The highest BCUT2D eigenvalue weighted by Gasteiger charge is 2.18. The molecule has 3 aromatic carbocycles. The number of nitrogens with one attached hydrogen (secondary N) is 1. The van der Waals surface area contributed by atoms with E-state index in [0.29, 0.717) is 11.2 Å². The number of anilines is 2. The SMILES string of the molecule is COC(=O)c1ccc(S(C)(=O)=O)c(Nc2cc(-c3ccc4ccn(C)c4c3)c3nccnc3c2)c1. The van der Waals surface area contributed by atoms with Gasteiger partial charge in [-0.3, -0.25) is 9.97 Å². The minimum Gasteiger partial charge on any atom is -0.465 e. The van der Waals surface area contributed by atoms with E-state index < -0.39 is 15.8 Å². The van der Waals surface area contributed by atoms with E-state index in [-0.39, 0.29) is 16.1 Å². The number of esters is 1. The van der Waals surface area contributed by atoms with E-state index >= 15 is 0 Å². The highest BCUT2D eigenvalue weighted by molar-refractivity contribution is 7.90. The second-order valence-corrected chi connectivity index (χ2v) is 10.2. The molecule has 5 aromatic rings. The molecule has 0 spiro atoms. The van der Waals surface area contributed by atoms with Crippen LogP contribution in [0.1, 0.15) is 10.4 Å². The van der Waals surface area contributed by atoms with Gasteiger partial charge in [-0.05, 0) is 53.4 Å². The molecule has 0 saturated carbocycles. The zero-order valence-corrected chi connectivity index (χ0v) is 20.1. The zero-order valence-electron chi connectivity index (χ0n) is 19.3. The van der Waals surface area contributed by atoms with Crippen LogP contribution in [0.3, 0.4) is 0 Å². The number of ether oxygens (including phenoxy) is 1. The van der Waals surface area contributed by atoms with Gasteiger partial charge in [0.2, 0.25) is 0 Å². The predicted molar refractivity (Wildman–Crippen MR) is 136 cm³/mol. The van der Waals surface area contributed by atoms with Crippen LogP contribution >= 0.6 is 0 Å². The van der Waals surface area contributed by atoms with Crippen molar-refractivity contribution in [3.63, 3.8) is 0 Å². The summed E-state index contributed by atoms with van der Waals surface area (Å²) < 4.78 is 31.7. The molecular weight excluding hydrogens is 464 g/mol. The van der Waals surface area contributed by atoms with Gasteiger partial charge in [-0.1, -0.05) is 12.1 Å². The number of aryl methyl sites for hydroxylation is 1. The van der Waals surface area contributed by atoms with Crippen molar-refractivity contribution in [2.75, 3.05) is 18.7 Å². The van der Waals surface area contributed by atoms with Gasteiger partial charge in [0.05, 0.1) is 34.3 Å². The maximum Gasteiger partial charge on any atom is 0.337 e. The Balaban J connectivity index is 1.69. The third kappa shape index (κ3) is 4.22. The van der Waals surface area contributed by atoms with Crippen molar-refractivity contribution in [1.29, 1.82) is 0 Å². The minimum absolute atomic E-state index is 0.0659. The first kappa shape index (κ1) is 22.5. The fourth-order valence-corrected chi connectivity index (χ4v) is 4.97. The van der Waals surface area contributed by atoms with Crippen molar-refractivity contribution < 1.29 is 17.9 Å². The maximum atomic E-state index is 12.4. The quantitative estimate of drug-likeness (QED) is 0.359. The maximum absolute atomic E-state index is 12.4. The Kier molecular flexibility index (Phi) is 5.49. The topological polar surface area (TPSA) is 103 Å². The average Bonchev–Trinajstić information content (AvgIpc) is 3.22. The second-order valence-electron chi connectivity index (χ2n) is 8.25. The zero-order chi connectivity index (χ0) is 24.7. The summed E-state index contributed by atoms with van der Waals surface area (Å²) in [4.78, 5) is 21.2. The third-order valence-electron chi connectivity index (χ3n) is 5.85. The van der Waals surface area contributed by atoms with Crippen molar-refractivity contribution in [1.82, 2.24) is 14.5 Å². The van der Waals surface area contributed by atoms with Gasteiger partial charge in [0.1, 0.15) is 0 Å². The molecule has 0 unspecified atom stereocenters. The molecule has 0 amide bonds. The van der Waals surface area contributed by atoms with E-state index in [2.05, 4.69) is 33.5 Å². The average molecular weight is 487 g/mol.